The Kier molecular flexibility index (Phi) is 7.11. The van der Waals surface area contributed by atoms with Gasteiger partial charge in [-0.2, -0.15) is 4.31 Å². The van der Waals surface area contributed by atoms with E-state index in [1.165, 1.54) is 15.6 Å². The Morgan fingerprint density at radius 3 is 2.70 bits per heavy atom. The van der Waals surface area contributed by atoms with Crippen molar-refractivity contribution in [2.45, 2.75) is 37.6 Å². The quantitative estimate of drug-likeness (QED) is 0.755. The highest BCUT2D eigenvalue weighted by Crippen LogP contribution is 2.25. The highest BCUT2D eigenvalue weighted by molar-refractivity contribution is 7.91. The summed E-state index contributed by atoms with van der Waals surface area (Å²) >= 11 is 1.28. The van der Waals surface area contributed by atoms with Gasteiger partial charge in [0.25, 0.3) is 10.0 Å². The van der Waals surface area contributed by atoms with E-state index in [4.69, 9.17) is 4.74 Å². The van der Waals surface area contributed by atoms with Gasteiger partial charge in [-0.1, -0.05) is 6.92 Å². The maximum atomic E-state index is 12.6. The standard InChI is InChI=1S/C13H24N2O3S2/c1-5-14-9-12-8-13(19-10-12)20(16,17)15(11(2)3)6-7-18-4/h8,10-11,14H,5-7,9H2,1-4H3. The first-order chi connectivity index (χ1) is 9.43. The van der Waals surface area contributed by atoms with E-state index in [1.54, 1.807) is 13.2 Å². The largest absolute Gasteiger partial charge is 0.383 e. The number of hydrogen-bond acceptors (Lipinski definition) is 5. The van der Waals surface area contributed by atoms with Crippen molar-refractivity contribution in [3.05, 3.63) is 17.0 Å². The van der Waals surface area contributed by atoms with Crippen molar-refractivity contribution in [2.75, 3.05) is 26.8 Å². The molecule has 0 unspecified atom stereocenters. The number of sulfonamides is 1. The number of nitrogens with zero attached hydrogens (tertiary/aromatic N) is 1. The average molecular weight is 320 g/mol. The van der Waals surface area contributed by atoms with Crippen LogP contribution in [0.5, 0.6) is 0 Å². The molecule has 0 fully saturated rings. The summed E-state index contributed by atoms with van der Waals surface area (Å²) in [6, 6.07) is 1.67. The Bertz CT molecular complexity index is 497. The van der Waals surface area contributed by atoms with E-state index in [9.17, 15) is 8.42 Å². The molecule has 0 aliphatic carbocycles. The number of rotatable bonds is 9. The number of hydrogen-bond donors (Lipinski definition) is 1. The number of thiophene rings is 1. The normalized spacial score (nSPS) is 12.5. The SMILES string of the molecule is CCNCc1csc(S(=O)(=O)N(CCOC)C(C)C)c1. The van der Waals surface area contributed by atoms with Gasteiger partial charge in [-0.3, -0.25) is 0 Å². The minimum Gasteiger partial charge on any atom is -0.383 e. The van der Waals surface area contributed by atoms with E-state index in [-0.39, 0.29) is 6.04 Å². The fourth-order valence-electron chi connectivity index (χ4n) is 1.80. The lowest BCUT2D eigenvalue weighted by Crippen LogP contribution is -2.38. The summed E-state index contributed by atoms with van der Waals surface area (Å²) in [5.74, 6) is 0. The van der Waals surface area contributed by atoms with Crippen LogP contribution in [0.3, 0.4) is 0 Å². The molecule has 0 saturated heterocycles. The van der Waals surface area contributed by atoms with Crippen molar-refractivity contribution in [2.24, 2.45) is 0 Å². The van der Waals surface area contributed by atoms with Gasteiger partial charge in [-0.05, 0) is 37.4 Å². The second-order valence-corrected chi connectivity index (χ2v) is 7.79. The third kappa shape index (κ3) is 4.53. The van der Waals surface area contributed by atoms with E-state index in [2.05, 4.69) is 5.32 Å². The van der Waals surface area contributed by atoms with Crippen LogP contribution in [0.15, 0.2) is 15.7 Å². The first-order valence-corrected chi connectivity index (χ1v) is 9.04. The number of nitrogens with one attached hydrogen (secondary N) is 1. The second kappa shape index (κ2) is 8.09. The van der Waals surface area contributed by atoms with Gasteiger partial charge in [0, 0.05) is 26.2 Å². The highest BCUT2D eigenvalue weighted by atomic mass is 32.2. The maximum Gasteiger partial charge on any atom is 0.252 e. The van der Waals surface area contributed by atoms with E-state index >= 15 is 0 Å². The van der Waals surface area contributed by atoms with Gasteiger partial charge < -0.3 is 10.1 Å². The summed E-state index contributed by atoms with van der Waals surface area (Å²) in [5.41, 5.74) is 1.01. The zero-order valence-electron chi connectivity index (χ0n) is 12.5. The highest BCUT2D eigenvalue weighted by Gasteiger charge is 2.28. The van der Waals surface area contributed by atoms with Gasteiger partial charge in [0.05, 0.1) is 6.61 Å². The Hall–Kier alpha value is -0.470. The van der Waals surface area contributed by atoms with Crippen LogP contribution < -0.4 is 5.32 Å². The molecule has 1 rings (SSSR count). The Balaban J connectivity index is 2.91. The zero-order valence-corrected chi connectivity index (χ0v) is 14.2. The van der Waals surface area contributed by atoms with Crippen LogP contribution in [-0.4, -0.2) is 45.6 Å². The van der Waals surface area contributed by atoms with Gasteiger partial charge in [-0.15, -0.1) is 11.3 Å². The van der Waals surface area contributed by atoms with Gasteiger partial charge >= 0.3 is 0 Å². The lowest BCUT2D eigenvalue weighted by Gasteiger charge is -2.24. The molecule has 7 heteroatoms. The number of methoxy groups -OCH3 is 1. The topological polar surface area (TPSA) is 58.6 Å². The molecule has 0 aromatic carbocycles. The first kappa shape index (κ1) is 17.6. The Labute approximate surface area is 126 Å². The van der Waals surface area contributed by atoms with E-state index in [0.717, 1.165) is 12.1 Å². The first-order valence-electron chi connectivity index (χ1n) is 6.72. The van der Waals surface area contributed by atoms with Crippen LogP contribution >= 0.6 is 11.3 Å². The summed E-state index contributed by atoms with van der Waals surface area (Å²) in [6.45, 7) is 8.10. The smallest absolute Gasteiger partial charge is 0.252 e. The molecule has 0 saturated carbocycles. The predicted octanol–water partition coefficient (Wildman–Crippen LogP) is 1.90. The third-order valence-electron chi connectivity index (χ3n) is 2.86. The molecule has 0 amide bonds. The van der Waals surface area contributed by atoms with Crippen molar-refractivity contribution < 1.29 is 13.2 Å². The van der Waals surface area contributed by atoms with Crippen molar-refractivity contribution in [3.8, 4) is 0 Å². The van der Waals surface area contributed by atoms with Gasteiger partial charge in [-0.25, -0.2) is 8.42 Å². The summed E-state index contributed by atoms with van der Waals surface area (Å²) in [6.07, 6.45) is 0. The Morgan fingerprint density at radius 1 is 1.45 bits per heavy atom. The van der Waals surface area contributed by atoms with E-state index in [0.29, 0.717) is 23.9 Å². The zero-order chi connectivity index (χ0) is 15.2. The third-order valence-corrected chi connectivity index (χ3v) is 6.40. The molecule has 5 nitrogen and oxygen atoms in total. The Morgan fingerprint density at radius 2 is 2.15 bits per heavy atom. The number of ether oxygens (including phenoxy) is 1. The lowest BCUT2D eigenvalue weighted by atomic mass is 10.3. The molecule has 0 aliphatic heterocycles. The monoisotopic (exact) mass is 320 g/mol. The predicted molar refractivity (Wildman–Crippen MR) is 82.6 cm³/mol. The summed E-state index contributed by atoms with van der Waals surface area (Å²) in [4.78, 5) is 0. The molecule has 1 aromatic heterocycles. The molecular weight excluding hydrogens is 296 g/mol. The van der Waals surface area contributed by atoms with Gasteiger partial charge in [0.1, 0.15) is 4.21 Å². The van der Waals surface area contributed by atoms with Crippen molar-refractivity contribution in [1.82, 2.24) is 9.62 Å². The molecule has 116 valence electrons. The molecular formula is C13H24N2O3S2. The second-order valence-electron chi connectivity index (χ2n) is 4.76. The van der Waals surface area contributed by atoms with Gasteiger partial charge in [0.2, 0.25) is 0 Å². The van der Waals surface area contributed by atoms with Crippen molar-refractivity contribution >= 4 is 21.4 Å². The summed E-state index contributed by atoms with van der Waals surface area (Å²) in [5, 5.41) is 5.09. The fourth-order valence-corrected chi connectivity index (χ4v) is 4.76. The van der Waals surface area contributed by atoms with Crippen LogP contribution in [0.2, 0.25) is 0 Å². The summed E-state index contributed by atoms with van der Waals surface area (Å²) in [7, 11) is -1.86. The summed E-state index contributed by atoms with van der Waals surface area (Å²) < 4.78 is 32.1. The van der Waals surface area contributed by atoms with Crippen molar-refractivity contribution in [3.63, 3.8) is 0 Å². The van der Waals surface area contributed by atoms with Crippen LogP contribution in [0.4, 0.5) is 0 Å². The molecule has 0 radical (unpaired) electrons. The van der Waals surface area contributed by atoms with E-state index < -0.39 is 10.0 Å². The van der Waals surface area contributed by atoms with Crippen LogP contribution in [-0.2, 0) is 21.3 Å². The maximum absolute atomic E-state index is 12.6. The molecule has 0 spiro atoms. The molecule has 0 bridgehead atoms. The molecule has 0 atom stereocenters. The van der Waals surface area contributed by atoms with E-state index in [1.807, 2.05) is 26.2 Å². The molecule has 0 aliphatic rings. The minimum absolute atomic E-state index is 0.0885. The molecule has 1 N–H and O–H groups in total. The molecule has 1 aromatic rings. The average Bonchev–Trinajstić information content (AvgIpc) is 2.85. The minimum atomic E-state index is -3.43. The van der Waals surface area contributed by atoms with Crippen LogP contribution in [0.25, 0.3) is 0 Å². The molecule has 20 heavy (non-hydrogen) atoms. The molecule has 1 heterocycles. The van der Waals surface area contributed by atoms with Gasteiger partial charge in [0.15, 0.2) is 0 Å². The van der Waals surface area contributed by atoms with Crippen LogP contribution in [0.1, 0.15) is 26.3 Å². The van der Waals surface area contributed by atoms with Crippen molar-refractivity contribution in [1.29, 1.82) is 0 Å². The lowest BCUT2D eigenvalue weighted by molar-refractivity contribution is 0.171. The van der Waals surface area contributed by atoms with Crippen LogP contribution in [0, 0.1) is 0 Å². The fraction of sp³-hybridized carbons (Fsp3) is 0.692.